The highest BCUT2D eigenvalue weighted by molar-refractivity contribution is 5.88. The molecular weight excluding hydrogens is 242 g/mol. The molecule has 0 aliphatic heterocycles. The number of aromatic carboxylic acids is 1. The summed E-state index contributed by atoms with van der Waals surface area (Å²) in [5.41, 5.74) is 2.49. The number of rotatable bonds is 2. The summed E-state index contributed by atoms with van der Waals surface area (Å²) in [6.45, 7) is 1.83. The number of carboxylic acids is 1. The summed E-state index contributed by atoms with van der Waals surface area (Å²) >= 11 is 0. The lowest BCUT2D eigenvalue weighted by atomic mass is 10.2. The zero-order valence-corrected chi connectivity index (χ0v) is 10.2. The first-order valence-corrected chi connectivity index (χ1v) is 5.81. The molecule has 0 fully saturated rings. The van der Waals surface area contributed by atoms with Crippen LogP contribution in [0.4, 0.5) is 0 Å². The normalized spacial score (nSPS) is 10.8. The lowest BCUT2D eigenvalue weighted by molar-refractivity contribution is 0.0690. The summed E-state index contributed by atoms with van der Waals surface area (Å²) in [4.78, 5) is 15.3. The molecule has 19 heavy (non-hydrogen) atoms. The number of fused-ring (bicyclic) bond motifs is 1. The lowest BCUT2D eigenvalue weighted by Crippen LogP contribution is -2.03. The topological polar surface area (TPSA) is 68.0 Å². The fourth-order valence-corrected chi connectivity index (χ4v) is 2.09. The van der Waals surface area contributed by atoms with Crippen molar-refractivity contribution in [2.45, 2.75) is 6.92 Å². The van der Waals surface area contributed by atoms with Crippen LogP contribution in [0.5, 0.6) is 0 Å². The fraction of sp³-hybridized carbons (Fsp3) is 0.0714. The average Bonchev–Trinajstić information content (AvgIpc) is 2.80. The summed E-state index contributed by atoms with van der Waals surface area (Å²) in [6.07, 6.45) is 1.73. The van der Waals surface area contributed by atoms with Gasteiger partial charge in [0, 0.05) is 17.3 Å². The summed E-state index contributed by atoms with van der Waals surface area (Å²) in [5.74, 6) is -1.03. The first-order chi connectivity index (χ1) is 9.16. The maximum Gasteiger partial charge on any atom is 0.356 e. The second kappa shape index (κ2) is 4.20. The monoisotopic (exact) mass is 253 g/mol. The van der Waals surface area contributed by atoms with Gasteiger partial charge in [-0.2, -0.15) is 5.10 Å². The molecule has 3 rings (SSSR count). The maximum atomic E-state index is 11.0. The molecule has 1 N–H and O–H groups in total. The van der Waals surface area contributed by atoms with E-state index in [0.29, 0.717) is 0 Å². The van der Waals surface area contributed by atoms with E-state index in [1.807, 2.05) is 37.3 Å². The number of pyridine rings is 1. The predicted octanol–water partition coefficient (Wildman–Crippen LogP) is 2.43. The molecule has 5 nitrogen and oxygen atoms in total. The molecule has 0 spiro atoms. The van der Waals surface area contributed by atoms with Gasteiger partial charge in [0.15, 0.2) is 5.69 Å². The van der Waals surface area contributed by atoms with Crippen molar-refractivity contribution < 1.29 is 9.90 Å². The van der Waals surface area contributed by atoms with E-state index in [9.17, 15) is 4.79 Å². The van der Waals surface area contributed by atoms with Crippen LogP contribution in [0, 0.1) is 6.92 Å². The molecule has 0 atom stereocenters. The second-order valence-electron chi connectivity index (χ2n) is 4.24. The van der Waals surface area contributed by atoms with Gasteiger partial charge >= 0.3 is 5.97 Å². The van der Waals surface area contributed by atoms with Crippen molar-refractivity contribution in [1.82, 2.24) is 14.8 Å². The van der Waals surface area contributed by atoms with Crippen LogP contribution in [-0.2, 0) is 0 Å². The van der Waals surface area contributed by atoms with Crippen LogP contribution in [0.2, 0.25) is 0 Å². The van der Waals surface area contributed by atoms with E-state index in [-0.39, 0.29) is 5.69 Å². The van der Waals surface area contributed by atoms with Crippen molar-refractivity contribution in [1.29, 1.82) is 0 Å². The number of hydrogen-bond donors (Lipinski definition) is 1. The molecule has 2 aromatic heterocycles. The highest BCUT2D eigenvalue weighted by atomic mass is 16.4. The zero-order chi connectivity index (χ0) is 13.4. The van der Waals surface area contributed by atoms with E-state index >= 15 is 0 Å². The molecular formula is C14H11N3O2. The van der Waals surface area contributed by atoms with Gasteiger partial charge in [0.05, 0.1) is 11.2 Å². The summed E-state index contributed by atoms with van der Waals surface area (Å²) in [6, 6.07) is 11.0. The van der Waals surface area contributed by atoms with Gasteiger partial charge in [-0.25, -0.2) is 9.48 Å². The molecule has 0 amide bonds. The molecule has 0 aliphatic carbocycles. The molecule has 0 unspecified atom stereocenters. The van der Waals surface area contributed by atoms with E-state index in [1.165, 1.54) is 0 Å². The van der Waals surface area contributed by atoms with Gasteiger partial charge < -0.3 is 5.11 Å². The molecule has 0 aliphatic rings. The lowest BCUT2D eigenvalue weighted by Gasteiger charge is -2.07. The van der Waals surface area contributed by atoms with Gasteiger partial charge in [-0.15, -0.1) is 0 Å². The largest absolute Gasteiger partial charge is 0.476 e. The molecule has 0 bridgehead atoms. The van der Waals surface area contributed by atoms with Gasteiger partial charge in [0.25, 0.3) is 0 Å². The number of hydrogen-bond acceptors (Lipinski definition) is 3. The highest BCUT2D eigenvalue weighted by Gasteiger charge is 2.13. The molecule has 0 radical (unpaired) electrons. The van der Waals surface area contributed by atoms with Crippen LogP contribution in [0.15, 0.2) is 42.6 Å². The van der Waals surface area contributed by atoms with E-state index in [4.69, 9.17) is 5.11 Å². The van der Waals surface area contributed by atoms with E-state index in [1.54, 1.807) is 16.9 Å². The van der Waals surface area contributed by atoms with Gasteiger partial charge in [0.1, 0.15) is 0 Å². The smallest absolute Gasteiger partial charge is 0.356 e. The van der Waals surface area contributed by atoms with Crippen LogP contribution < -0.4 is 0 Å². The Hall–Kier alpha value is -2.69. The highest BCUT2D eigenvalue weighted by Crippen LogP contribution is 2.21. The SMILES string of the molecule is Cc1cc(C(=O)O)nn1-c1cccc2ncccc12. The quantitative estimate of drug-likeness (QED) is 0.761. The van der Waals surface area contributed by atoms with Gasteiger partial charge in [-0.05, 0) is 37.3 Å². The van der Waals surface area contributed by atoms with E-state index in [0.717, 1.165) is 22.3 Å². The Labute approximate surface area is 109 Å². The van der Waals surface area contributed by atoms with Crippen molar-refractivity contribution in [3.63, 3.8) is 0 Å². The third-order valence-electron chi connectivity index (χ3n) is 2.96. The predicted molar refractivity (Wildman–Crippen MR) is 70.6 cm³/mol. The van der Waals surface area contributed by atoms with Crippen LogP contribution in [0.1, 0.15) is 16.2 Å². The van der Waals surface area contributed by atoms with Gasteiger partial charge in [-0.1, -0.05) is 6.07 Å². The van der Waals surface area contributed by atoms with Crippen molar-refractivity contribution in [2.75, 3.05) is 0 Å². The third kappa shape index (κ3) is 1.85. The Morgan fingerprint density at radius 1 is 1.26 bits per heavy atom. The van der Waals surface area contributed by atoms with Crippen LogP contribution in [0.3, 0.4) is 0 Å². The Bertz CT molecular complexity index is 772. The number of carbonyl (C=O) groups is 1. The Morgan fingerprint density at radius 2 is 2.11 bits per heavy atom. The first kappa shape index (κ1) is 11.4. The molecule has 2 heterocycles. The minimum atomic E-state index is -1.03. The molecule has 0 saturated carbocycles. The zero-order valence-electron chi connectivity index (χ0n) is 10.2. The molecule has 1 aromatic carbocycles. The van der Waals surface area contributed by atoms with Crippen LogP contribution in [-0.4, -0.2) is 25.8 Å². The van der Waals surface area contributed by atoms with Crippen LogP contribution in [0.25, 0.3) is 16.6 Å². The van der Waals surface area contributed by atoms with Gasteiger partial charge in [-0.3, -0.25) is 4.98 Å². The van der Waals surface area contributed by atoms with Crippen molar-refractivity contribution in [2.24, 2.45) is 0 Å². The second-order valence-corrected chi connectivity index (χ2v) is 4.24. The standard InChI is InChI=1S/C14H11N3O2/c1-9-8-12(14(18)19)16-17(9)13-6-2-5-11-10(13)4-3-7-15-11/h2-8H,1H3,(H,18,19). The molecule has 0 saturated heterocycles. The van der Waals surface area contributed by atoms with Crippen molar-refractivity contribution in [3.05, 3.63) is 54.0 Å². The van der Waals surface area contributed by atoms with Gasteiger partial charge in [0.2, 0.25) is 0 Å². The number of carboxylic acid groups (broad SMARTS) is 1. The summed E-state index contributed by atoms with van der Waals surface area (Å²) in [5, 5.41) is 14.1. The first-order valence-electron chi connectivity index (χ1n) is 5.81. The minimum Gasteiger partial charge on any atom is -0.476 e. The Balaban J connectivity index is 2.27. The summed E-state index contributed by atoms with van der Waals surface area (Å²) in [7, 11) is 0. The third-order valence-corrected chi connectivity index (χ3v) is 2.96. The average molecular weight is 253 g/mol. The minimum absolute atomic E-state index is 0.0402. The molecule has 3 aromatic rings. The number of benzene rings is 1. The van der Waals surface area contributed by atoms with E-state index in [2.05, 4.69) is 10.1 Å². The van der Waals surface area contributed by atoms with Crippen molar-refractivity contribution in [3.8, 4) is 5.69 Å². The maximum absolute atomic E-state index is 11.0. The van der Waals surface area contributed by atoms with Crippen LogP contribution >= 0.6 is 0 Å². The molecule has 5 heteroatoms. The Morgan fingerprint density at radius 3 is 2.84 bits per heavy atom. The number of nitrogens with zero attached hydrogens (tertiary/aromatic N) is 3. The number of aromatic nitrogens is 3. The Kier molecular flexibility index (Phi) is 2.52. The fourth-order valence-electron chi connectivity index (χ4n) is 2.09. The van der Waals surface area contributed by atoms with Crippen molar-refractivity contribution >= 4 is 16.9 Å². The summed E-state index contributed by atoms with van der Waals surface area (Å²) < 4.78 is 1.63. The number of aryl methyl sites for hydroxylation is 1. The molecule has 94 valence electrons. The van der Waals surface area contributed by atoms with E-state index < -0.39 is 5.97 Å².